The zero-order valence-corrected chi connectivity index (χ0v) is 26.3. The van der Waals surface area contributed by atoms with E-state index in [1.54, 1.807) is 10.4 Å². The van der Waals surface area contributed by atoms with Crippen molar-refractivity contribution in [1.29, 1.82) is 0 Å². The minimum atomic E-state index is -3.38. The molecule has 2 heterocycles. The number of aliphatic hydroxyl groups excluding tert-OH is 1. The van der Waals surface area contributed by atoms with E-state index >= 15 is 0 Å². The smallest absolute Gasteiger partial charge is 0.243 e. The summed E-state index contributed by atoms with van der Waals surface area (Å²) in [5.41, 5.74) is 2.92. The van der Waals surface area contributed by atoms with Crippen LogP contribution in [-0.2, 0) is 32.5 Å². The van der Waals surface area contributed by atoms with E-state index in [2.05, 4.69) is 5.32 Å². The fourth-order valence-electron chi connectivity index (χ4n) is 5.48. The van der Waals surface area contributed by atoms with Gasteiger partial charge in [0.05, 0.1) is 17.6 Å². The molecular weight excluding hydrogens is 552 g/mol. The highest BCUT2D eigenvalue weighted by atomic mass is 32.2. The van der Waals surface area contributed by atoms with E-state index in [4.69, 9.17) is 14.2 Å². The van der Waals surface area contributed by atoms with Crippen molar-refractivity contribution < 1.29 is 27.7 Å². The van der Waals surface area contributed by atoms with Crippen LogP contribution in [0.25, 0.3) is 0 Å². The van der Waals surface area contributed by atoms with Gasteiger partial charge in [-0.1, -0.05) is 37.5 Å². The monoisotopic (exact) mass is 602 g/mol. The number of fused-ring (bicyclic) bond motifs is 1. The Labute approximate surface area is 252 Å². The van der Waals surface area contributed by atoms with Gasteiger partial charge < -0.3 is 24.6 Å². The molecule has 2 aliphatic rings. The van der Waals surface area contributed by atoms with Gasteiger partial charge in [0.1, 0.15) is 5.75 Å². The van der Waals surface area contributed by atoms with Crippen LogP contribution in [0, 0.1) is 0 Å². The Morgan fingerprint density at radius 3 is 2.55 bits per heavy atom. The van der Waals surface area contributed by atoms with Gasteiger partial charge in [-0.15, -0.1) is 0 Å². The predicted octanol–water partition coefficient (Wildman–Crippen LogP) is 5.73. The van der Waals surface area contributed by atoms with Crippen LogP contribution in [0.1, 0.15) is 94.4 Å². The lowest BCUT2D eigenvalue weighted by atomic mass is 10.0. The van der Waals surface area contributed by atoms with Crippen molar-refractivity contribution in [2.24, 2.45) is 0 Å². The van der Waals surface area contributed by atoms with E-state index in [9.17, 15) is 13.5 Å². The maximum absolute atomic E-state index is 12.9. The summed E-state index contributed by atoms with van der Waals surface area (Å²) in [7, 11) is -3.38. The average molecular weight is 603 g/mol. The zero-order valence-electron chi connectivity index (χ0n) is 25.5. The molecule has 1 saturated heterocycles. The number of piperidine rings is 1. The summed E-state index contributed by atoms with van der Waals surface area (Å²) in [6.07, 6.45) is 9.65. The molecule has 42 heavy (non-hydrogen) atoms. The van der Waals surface area contributed by atoms with Crippen molar-refractivity contribution in [1.82, 2.24) is 9.62 Å². The highest BCUT2D eigenvalue weighted by Gasteiger charge is 2.28. The number of aliphatic hydroxyl groups is 1. The summed E-state index contributed by atoms with van der Waals surface area (Å²) in [6, 6.07) is 13.3. The van der Waals surface area contributed by atoms with E-state index < -0.39 is 21.9 Å². The summed E-state index contributed by atoms with van der Waals surface area (Å²) >= 11 is 0. The van der Waals surface area contributed by atoms with Gasteiger partial charge in [-0.25, -0.2) is 8.42 Å². The molecule has 2 aromatic rings. The molecule has 0 radical (unpaired) electrons. The average Bonchev–Trinajstić information content (AvgIpc) is 2.99. The molecule has 0 aromatic heterocycles. The lowest BCUT2D eigenvalue weighted by Gasteiger charge is -2.33. The van der Waals surface area contributed by atoms with Crippen LogP contribution in [0.2, 0.25) is 0 Å². The van der Waals surface area contributed by atoms with Gasteiger partial charge in [0.2, 0.25) is 15.8 Å². The number of rotatable bonds is 17. The van der Waals surface area contributed by atoms with E-state index in [-0.39, 0.29) is 0 Å². The quantitative estimate of drug-likeness (QED) is 0.223. The molecule has 2 N–H and O–H groups in total. The van der Waals surface area contributed by atoms with E-state index in [1.807, 2.05) is 50.2 Å². The summed E-state index contributed by atoms with van der Waals surface area (Å²) in [5, 5.41) is 13.9. The zero-order chi connectivity index (χ0) is 29.8. The Morgan fingerprint density at radius 2 is 1.74 bits per heavy atom. The molecule has 0 aliphatic carbocycles. The van der Waals surface area contributed by atoms with Gasteiger partial charge in [-0.2, -0.15) is 4.31 Å². The third kappa shape index (κ3) is 10.0. The summed E-state index contributed by atoms with van der Waals surface area (Å²) in [5.74, 6) is 0.208. The van der Waals surface area contributed by atoms with Gasteiger partial charge in [0.25, 0.3) is 0 Å². The molecule has 0 unspecified atom stereocenters. The molecule has 1 atom stereocenters. The second kappa shape index (κ2) is 16.2. The maximum Gasteiger partial charge on any atom is 0.243 e. The third-order valence-electron chi connectivity index (χ3n) is 7.99. The molecule has 2 aromatic carbocycles. The van der Waals surface area contributed by atoms with Crippen LogP contribution < -0.4 is 10.1 Å². The first-order valence-electron chi connectivity index (χ1n) is 15.8. The fraction of sp³-hybridized carbons (Fsp3) is 0.636. The van der Waals surface area contributed by atoms with E-state index in [0.29, 0.717) is 31.1 Å². The van der Waals surface area contributed by atoms with Gasteiger partial charge in [0.15, 0.2) is 0 Å². The first-order valence-corrected chi connectivity index (χ1v) is 17.2. The minimum absolute atomic E-state index is 0.425. The number of benzene rings is 2. The molecule has 2 aliphatic heterocycles. The molecule has 0 saturated carbocycles. The number of ether oxygens (including phenoxy) is 3. The molecule has 9 heteroatoms. The topological polar surface area (TPSA) is 97.3 Å². The Morgan fingerprint density at radius 1 is 0.976 bits per heavy atom. The lowest BCUT2D eigenvalue weighted by Crippen LogP contribution is -2.35. The first kappa shape index (κ1) is 32.9. The summed E-state index contributed by atoms with van der Waals surface area (Å²) in [6.45, 7) is 8.46. The highest BCUT2D eigenvalue weighted by Crippen LogP contribution is 2.33. The number of unbranched alkanes of at least 4 members (excludes halogenated alkanes) is 4. The first-order chi connectivity index (χ1) is 20.2. The van der Waals surface area contributed by atoms with Gasteiger partial charge in [0, 0.05) is 52.3 Å². The number of nitrogens with one attached hydrogen (secondary N) is 1. The van der Waals surface area contributed by atoms with Gasteiger partial charge >= 0.3 is 0 Å². The number of aryl methyl sites for hydroxylation is 1. The van der Waals surface area contributed by atoms with Crippen LogP contribution in [0.5, 0.6) is 5.75 Å². The number of nitrogens with zero attached hydrogens (tertiary/aromatic N) is 1. The molecule has 234 valence electrons. The van der Waals surface area contributed by atoms with Crippen molar-refractivity contribution >= 4 is 10.0 Å². The maximum atomic E-state index is 12.9. The van der Waals surface area contributed by atoms with E-state index in [0.717, 1.165) is 106 Å². The third-order valence-corrected chi connectivity index (χ3v) is 9.88. The second-order valence-electron chi connectivity index (χ2n) is 12.0. The molecule has 0 spiro atoms. The highest BCUT2D eigenvalue weighted by molar-refractivity contribution is 7.89. The van der Waals surface area contributed by atoms with Crippen molar-refractivity contribution in [3.63, 3.8) is 0 Å². The lowest BCUT2D eigenvalue weighted by molar-refractivity contribution is -0.180. The van der Waals surface area contributed by atoms with Crippen LogP contribution in [0.15, 0.2) is 47.4 Å². The Bertz CT molecular complexity index is 1210. The van der Waals surface area contributed by atoms with Gasteiger partial charge in [-0.3, -0.25) is 0 Å². The molecule has 0 amide bonds. The molecular formula is C33H50N2O6S. The second-order valence-corrected chi connectivity index (χ2v) is 13.9. The SMILES string of the molecule is CC1(C)OCc2cc([C@@H](O)CNCCCCCCOCCCCc3cccc(S(=O)(=O)N4CCCCC4)c3)ccc2O1. The minimum Gasteiger partial charge on any atom is -0.463 e. The number of sulfonamides is 1. The Balaban J connectivity index is 0.991. The summed E-state index contributed by atoms with van der Waals surface area (Å²) in [4.78, 5) is 0.425. The van der Waals surface area contributed by atoms with Crippen molar-refractivity contribution in [2.75, 3.05) is 39.4 Å². The Hall–Kier alpha value is -2.01. The van der Waals surface area contributed by atoms with Crippen molar-refractivity contribution in [3.8, 4) is 5.75 Å². The molecule has 0 bridgehead atoms. The molecule has 1 fully saturated rings. The summed E-state index contributed by atoms with van der Waals surface area (Å²) < 4.78 is 44.9. The Kier molecular flexibility index (Phi) is 12.7. The van der Waals surface area contributed by atoms with Crippen LogP contribution in [-0.4, -0.2) is 63.0 Å². The number of hydrogen-bond acceptors (Lipinski definition) is 7. The normalized spacial score (nSPS) is 17.9. The fourth-order valence-corrected chi connectivity index (χ4v) is 7.07. The van der Waals surface area contributed by atoms with Crippen molar-refractivity contribution in [3.05, 3.63) is 59.2 Å². The van der Waals surface area contributed by atoms with E-state index in [1.165, 1.54) is 0 Å². The van der Waals surface area contributed by atoms with Crippen LogP contribution in [0.3, 0.4) is 0 Å². The van der Waals surface area contributed by atoms with Crippen molar-refractivity contribution in [2.45, 2.75) is 101 Å². The van der Waals surface area contributed by atoms with Gasteiger partial charge in [-0.05, 0) is 86.9 Å². The number of hydrogen-bond donors (Lipinski definition) is 2. The molecule has 8 nitrogen and oxygen atoms in total. The molecule has 4 rings (SSSR count). The predicted molar refractivity (Wildman–Crippen MR) is 165 cm³/mol. The standard InChI is InChI=1S/C33H50N2O6S/c1-33(2)40-26-29-24-28(16-17-32(29)41-33)31(36)25-34-18-7-3-4-10-21-39-22-11-6-13-27-14-12-15-30(23-27)42(37,38)35-19-8-5-9-20-35/h12,14-17,23-24,31,34,36H,3-11,13,18-22,25-26H2,1-2H3/t31-/m0/s1. The van der Waals surface area contributed by atoms with Crippen LogP contribution >= 0.6 is 0 Å². The van der Waals surface area contributed by atoms with Crippen LogP contribution in [0.4, 0.5) is 0 Å². The largest absolute Gasteiger partial charge is 0.463 e.